The van der Waals surface area contributed by atoms with Gasteiger partial charge in [-0.05, 0) is 24.3 Å². The van der Waals surface area contributed by atoms with Crippen LogP contribution in [0.5, 0.6) is 0 Å². The van der Waals surface area contributed by atoms with E-state index in [-0.39, 0.29) is 0 Å². The molecule has 0 amide bonds. The molecule has 3 nitrogen and oxygen atoms in total. The van der Waals surface area contributed by atoms with E-state index in [2.05, 4.69) is 52.9 Å². The molecule has 0 atom stereocenters. The molecule has 0 radical (unpaired) electrons. The summed E-state index contributed by atoms with van der Waals surface area (Å²) in [5.41, 5.74) is 9.33. The molecule has 1 heterocycles. The van der Waals surface area contributed by atoms with Crippen LogP contribution in [0.4, 0.5) is 5.88 Å². The van der Waals surface area contributed by atoms with Crippen LogP contribution in [0.15, 0.2) is 60.4 Å². The summed E-state index contributed by atoms with van der Waals surface area (Å²) >= 11 is 10.6. The first kappa shape index (κ1) is 14.8. The molecule has 0 bridgehead atoms. The number of halogens is 3. The van der Waals surface area contributed by atoms with Crippen molar-refractivity contribution in [1.82, 2.24) is 5.16 Å². The van der Waals surface area contributed by atoms with Gasteiger partial charge in [0.1, 0.15) is 5.69 Å². The molecule has 0 aliphatic rings. The van der Waals surface area contributed by atoms with Crippen LogP contribution in [-0.4, -0.2) is 5.16 Å². The van der Waals surface area contributed by atoms with E-state index in [0.717, 1.165) is 30.1 Å². The van der Waals surface area contributed by atoms with Crippen LogP contribution in [-0.2, 0) is 0 Å². The number of nitrogens with two attached hydrogens (primary N) is 1. The molecule has 0 spiro atoms. The van der Waals surface area contributed by atoms with E-state index in [1.807, 2.05) is 42.5 Å². The average Bonchev–Trinajstić information content (AvgIpc) is 2.84. The molecule has 0 saturated heterocycles. The summed E-state index contributed by atoms with van der Waals surface area (Å²) in [6.07, 6.45) is 0. The number of rotatable bonds is 2. The minimum absolute atomic E-state index is 0.295. The number of hydrogen-bond acceptors (Lipinski definition) is 3. The molecule has 0 aliphatic carbocycles. The smallest absolute Gasteiger partial charge is 0.230 e. The number of aromatic nitrogens is 1. The minimum atomic E-state index is 0.295. The third-order valence-corrected chi connectivity index (χ3v) is 4.92. The van der Waals surface area contributed by atoms with Crippen molar-refractivity contribution in [1.29, 1.82) is 0 Å². The molecule has 3 rings (SSSR count). The Morgan fingerprint density at radius 2 is 1.62 bits per heavy atom. The molecule has 1 aromatic heterocycles. The van der Waals surface area contributed by atoms with Gasteiger partial charge in [0.25, 0.3) is 0 Å². The Labute approximate surface area is 146 Å². The predicted molar refractivity (Wildman–Crippen MR) is 94.9 cm³/mol. The van der Waals surface area contributed by atoms with Gasteiger partial charge >= 0.3 is 0 Å². The molecule has 21 heavy (non-hydrogen) atoms. The predicted octanol–water partition coefficient (Wildman–Crippen LogP) is 5.88. The van der Waals surface area contributed by atoms with Crippen LogP contribution in [0.25, 0.3) is 22.4 Å². The van der Waals surface area contributed by atoms with E-state index in [1.54, 1.807) is 0 Å². The summed E-state index contributed by atoms with van der Waals surface area (Å²) in [5, 5.41) is 4.13. The molecule has 2 aromatic carbocycles. The molecular weight excluding hydrogens is 464 g/mol. The summed E-state index contributed by atoms with van der Waals surface area (Å²) in [5.74, 6) is 0.295. The Bertz CT molecular complexity index is 814. The van der Waals surface area contributed by atoms with Gasteiger partial charge in [-0.15, -0.1) is 0 Å². The Kier molecular flexibility index (Phi) is 4.19. The zero-order valence-corrected chi connectivity index (χ0v) is 15.4. The monoisotopic (exact) mass is 470 g/mol. The van der Waals surface area contributed by atoms with Crippen molar-refractivity contribution in [3.05, 3.63) is 55.9 Å². The lowest BCUT2D eigenvalue weighted by Gasteiger charge is -2.07. The highest BCUT2D eigenvalue weighted by atomic mass is 79.9. The number of nitrogen functional groups attached to an aromatic ring is 1. The van der Waals surface area contributed by atoms with E-state index in [0.29, 0.717) is 11.6 Å². The summed E-state index contributed by atoms with van der Waals surface area (Å²) in [6.45, 7) is 0. The summed E-state index contributed by atoms with van der Waals surface area (Å²) in [6, 6.07) is 13.7. The molecule has 0 fully saturated rings. The van der Waals surface area contributed by atoms with Crippen LogP contribution in [0.2, 0.25) is 0 Å². The Morgan fingerprint density at radius 3 is 2.38 bits per heavy atom. The van der Waals surface area contributed by atoms with Crippen LogP contribution < -0.4 is 5.73 Å². The van der Waals surface area contributed by atoms with E-state index in [1.165, 1.54) is 0 Å². The van der Waals surface area contributed by atoms with Crippen molar-refractivity contribution in [3.63, 3.8) is 0 Å². The zero-order chi connectivity index (χ0) is 15.0. The number of hydrogen-bond donors (Lipinski definition) is 1. The second-order valence-corrected chi connectivity index (χ2v) is 7.00. The Morgan fingerprint density at radius 1 is 0.905 bits per heavy atom. The maximum Gasteiger partial charge on any atom is 0.230 e. The number of benzene rings is 2. The maximum absolute atomic E-state index is 5.99. The van der Waals surface area contributed by atoms with Gasteiger partial charge in [-0.3, -0.25) is 0 Å². The van der Waals surface area contributed by atoms with Crippen molar-refractivity contribution in [2.45, 2.75) is 0 Å². The SMILES string of the molecule is Nc1onc(-c2cc(Br)ccc2Br)c1-c1ccccc1Br. The molecule has 0 unspecified atom stereocenters. The lowest BCUT2D eigenvalue weighted by atomic mass is 10.0. The van der Waals surface area contributed by atoms with Crippen LogP contribution >= 0.6 is 47.8 Å². The quantitative estimate of drug-likeness (QED) is 0.507. The van der Waals surface area contributed by atoms with Crippen LogP contribution in [0.3, 0.4) is 0 Å². The van der Waals surface area contributed by atoms with Crippen molar-refractivity contribution in [2.75, 3.05) is 5.73 Å². The van der Waals surface area contributed by atoms with Gasteiger partial charge in [0.2, 0.25) is 5.88 Å². The highest BCUT2D eigenvalue weighted by Crippen LogP contribution is 2.42. The number of anilines is 1. The lowest BCUT2D eigenvalue weighted by Crippen LogP contribution is -1.89. The maximum atomic E-state index is 5.99. The van der Waals surface area contributed by atoms with Gasteiger partial charge in [-0.25, -0.2) is 0 Å². The molecule has 6 heteroatoms. The molecule has 106 valence electrons. The first-order chi connectivity index (χ1) is 10.1. The first-order valence-electron chi connectivity index (χ1n) is 6.03. The Hall–Kier alpha value is -1.11. The second-order valence-electron chi connectivity index (χ2n) is 4.37. The van der Waals surface area contributed by atoms with E-state index < -0.39 is 0 Å². The van der Waals surface area contributed by atoms with Crippen molar-refractivity contribution < 1.29 is 4.52 Å². The van der Waals surface area contributed by atoms with Gasteiger partial charge in [-0.2, -0.15) is 0 Å². The van der Waals surface area contributed by atoms with Gasteiger partial charge < -0.3 is 10.3 Å². The average molecular weight is 473 g/mol. The summed E-state index contributed by atoms with van der Waals surface area (Å²) in [7, 11) is 0. The molecular formula is C15H9Br3N2O. The third kappa shape index (κ3) is 2.80. The zero-order valence-electron chi connectivity index (χ0n) is 10.6. The summed E-state index contributed by atoms with van der Waals surface area (Å²) in [4.78, 5) is 0. The fraction of sp³-hybridized carbons (Fsp3) is 0. The van der Waals surface area contributed by atoms with Crippen molar-refractivity contribution in [2.24, 2.45) is 0 Å². The number of nitrogens with zero attached hydrogens (tertiary/aromatic N) is 1. The van der Waals surface area contributed by atoms with Gasteiger partial charge in [0, 0.05) is 24.5 Å². The van der Waals surface area contributed by atoms with Crippen LogP contribution in [0.1, 0.15) is 0 Å². The lowest BCUT2D eigenvalue weighted by molar-refractivity contribution is 0.439. The van der Waals surface area contributed by atoms with E-state index >= 15 is 0 Å². The highest BCUT2D eigenvalue weighted by molar-refractivity contribution is 9.11. The molecule has 2 N–H and O–H groups in total. The third-order valence-electron chi connectivity index (χ3n) is 3.05. The molecule has 0 saturated carbocycles. The van der Waals surface area contributed by atoms with Gasteiger partial charge in [0.15, 0.2) is 0 Å². The van der Waals surface area contributed by atoms with Gasteiger partial charge in [-0.1, -0.05) is 71.1 Å². The normalized spacial score (nSPS) is 10.8. The molecule has 0 aliphatic heterocycles. The summed E-state index contributed by atoms with van der Waals surface area (Å²) < 4.78 is 8.04. The van der Waals surface area contributed by atoms with E-state index in [9.17, 15) is 0 Å². The first-order valence-corrected chi connectivity index (χ1v) is 8.41. The topological polar surface area (TPSA) is 52.0 Å². The minimum Gasteiger partial charge on any atom is -0.367 e. The fourth-order valence-corrected chi connectivity index (χ4v) is 3.37. The standard InChI is InChI=1S/C15H9Br3N2O/c16-8-5-6-12(18)10(7-8)14-13(15(19)21-20-14)9-3-1-2-4-11(9)17/h1-7H,19H2. The molecule has 3 aromatic rings. The fourth-order valence-electron chi connectivity index (χ4n) is 2.09. The van der Waals surface area contributed by atoms with Gasteiger partial charge in [0.05, 0.1) is 5.56 Å². The largest absolute Gasteiger partial charge is 0.367 e. The van der Waals surface area contributed by atoms with Crippen LogP contribution in [0, 0.1) is 0 Å². The van der Waals surface area contributed by atoms with Crippen molar-refractivity contribution >= 4 is 53.7 Å². The van der Waals surface area contributed by atoms with Crippen molar-refractivity contribution in [3.8, 4) is 22.4 Å². The second kappa shape index (κ2) is 5.94. The van der Waals surface area contributed by atoms with E-state index in [4.69, 9.17) is 10.3 Å². The Balaban J connectivity index is 2.27. The highest BCUT2D eigenvalue weighted by Gasteiger charge is 2.20.